The number of rotatable bonds is 2. The van der Waals surface area contributed by atoms with Gasteiger partial charge in [0.05, 0.1) is 0 Å². The van der Waals surface area contributed by atoms with Crippen molar-refractivity contribution in [3.63, 3.8) is 0 Å². The first kappa shape index (κ1) is 13.0. The summed E-state index contributed by atoms with van der Waals surface area (Å²) in [7, 11) is 0. The van der Waals surface area contributed by atoms with E-state index in [1.807, 2.05) is 0 Å². The van der Waals surface area contributed by atoms with Gasteiger partial charge in [0, 0.05) is 6.20 Å². The Bertz CT molecular complexity index is 613. The van der Waals surface area contributed by atoms with Crippen LogP contribution in [-0.4, -0.2) is 16.2 Å². The fourth-order valence-corrected chi connectivity index (χ4v) is 1.19. The quantitative estimate of drug-likeness (QED) is 0.301. The predicted octanol–water partition coefficient (Wildman–Crippen LogP) is 2.32. The second kappa shape index (κ2) is 4.67. The van der Waals surface area contributed by atoms with Crippen LogP contribution in [0, 0.1) is 29.1 Å². The molecule has 0 unspecified atom stereocenters. The van der Waals surface area contributed by atoms with Crippen molar-refractivity contribution in [2.45, 2.75) is 0 Å². The minimum atomic E-state index is -2.34. The Labute approximate surface area is 101 Å². The van der Waals surface area contributed by atoms with Gasteiger partial charge in [-0.3, -0.25) is 5.10 Å². The van der Waals surface area contributed by atoms with E-state index in [9.17, 15) is 26.7 Å². The smallest absolute Gasteiger partial charge is 0.361 e. The number of esters is 1. The second-order valence-corrected chi connectivity index (χ2v) is 3.26. The van der Waals surface area contributed by atoms with E-state index in [1.54, 1.807) is 0 Å². The van der Waals surface area contributed by atoms with Gasteiger partial charge in [-0.1, -0.05) is 0 Å². The molecular weight excluding hydrogens is 275 g/mol. The Balaban J connectivity index is 2.44. The van der Waals surface area contributed by atoms with Crippen molar-refractivity contribution in [3.8, 4) is 5.75 Å². The zero-order valence-corrected chi connectivity index (χ0v) is 8.81. The molecule has 0 fully saturated rings. The van der Waals surface area contributed by atoms with Crippen LogP contribution >= 0.6 is 0 Å². The van der Waals surface area contributed by atoms with Crippen molar-refractivity contribution >= 4 is 5.97 Å². The first-order valence-electron chi connectivity index (χ1n) is 4.66. The lowest BCUT2D eigenvalue weighted by molar-refractivity contribution is 0.0709. The van der Waals surface area contributed by atoms with E-state index in [0.717, 1.165) is 12.3 Å². The van der Waals surface area contributed by atoms with Crippen LogP contribution in [0.3, 0.4) is 0 Å². The average molecular weight is 278 g/mol. The lowest BCUT2D eigenvalue weighted by Crippen LogP contribution is -2.14. The first-order valence-corrected chi connectivity index (χ1v) is 4.66. The number of nitrogens with zero attached hydrogens (tertiary/aromatic N) is 1. The van der Waals surface area contributed by atoms with Crippen LogP contribution in [0.2, 0.25) is 0 Å². The Morgan fingerprint density at radius 3 is 2.00 bits per heavy atom. The Morgan fingerprint density at radius 2 is 1.53 bits per heavy atom. The Hall–Kier alpha value is -2.45. The van der Waals surface area contributed by atoms with Crippen molar-refractivity contribution in [2.75, 3.05) is 0 Å². The molecule has 9 heteroatoms. The van der Waals surface area contributed by atoms with Gasteiger partial charge in [-0.2, -0.15) is 13.9 Å². The lowest BCUT2D eigenvalue weighted by Gasteiger charge is -2.07. The minimum Gasteiger partial charge on any atom is -0.415 e. The van der Waals surface area contributed by atoms with E-state index in [4.69, 9.17) is 0 Å². The molecule has 0 spiro atoms. The summed E-state index contributed by atoms with van der Waals surface area (Å²) in [4.78, 5) is 11.3. The Morgan fingerprint density at radius 1 is 1.00 bits per heavy atom. The number of nitrogens with one attached hydrogen (secondary N) is 1. The van der Waals surface area contributed by atoms with Gasteiger partial charge in [-0.25, -0.2) is 18.0 Å². The van der Waals surface area contributed by atoms with Gasteiger partial charge in [-0.05, 0) is 6.07 Å². The number of aromatic amines is 1. The molecule has 2 aromatic rings. The molecule has 1 aromatic heterocycles. The summed E-state index contributed by atoms with van der Waals surface area (Å²) in [6, 6.07) is 1.09. The summed E-state index contributed by atoms with van der Waals surface area (Å²) in [5.74, 6) is -14.2. The fourth-order valence-electron chi connectivity index (χ4n) is 1.19. The molecule has 0 atom stereocenters. The SMILES string of the molecule is O=C(Oc1c(F)c(F)c(F)c(F)c1F)c1ccn[nH]1. The summed E-state index contributed by atoms with van der Waals surface area (Å²) >= 11 is 0. The molecule has 1 heterocycles. The molecule has 0 amide bonds. The van der Waals surface area contributed by atoms with E-state index >= 15 is 0 Å². The van der Waals surface area contributed by atoms with Crippen molar-refractivity contribution in [2.24, 2.45) is 0 Å². The predicted molar refractivity (Wildman–Crippen MR) is 49.8 cm³/mol. The van der Waals surface area contributed by atoms with E-state index in [1.165, 1.54) is 0 Å². The number of ether oxygens (including phenoxy) is 1. The molecule has 0 aliphatic carbocycles. The van der Waals surface area contributed by atoms with Gasteiger partial charge in [0.15, 0.2) is 0 Å². The summed E-state index contributed by atoms with van der Waals surface area (Å²) in [5, 5.41) is 5.46. The Kier molecular flexibility index (Phi) is 3.19. The molecule has 0 radical (unpaired) electrons. The highest BCUT2D eigenvalue weighted by molar-refractivity contribution is 5.88. The summed E-state index contributed by atoms with van der Waals surface area (Å²) < 4.78 is 68.9. The normalized spacial score (nSPS) is 10.6. The molecule has 0 aliphatic heterocycles. The van der Waals surface area contributed by atoms with Crippen LogP contribution in [0.1, 0.15) is 10.5 Å². The molecule has 0 bridgehead atoms. The average Bonchev–Trinajstić information content (AvgIpc) is 2.93. The molecule has 4 nitrogen and oxygen atoms in total. The number of halogens is 5. The summed E-state index contributed by atoms with van der Waals surface area (Å²) in [6.45, 7) is 0. The number of aromatic nitrogens is 2. The first-order chi connectivity index (χ1) is 8.93. The van der Waals surface area contributed by atoms with Gasteiger partial charge < -0.3 is 4.74 Å². The van der Waals surface area contributed by atoms with Crippen molar-refractivity contribution in [1.29, 1.82) is 0 Å². The molecule has 0 saturated carbocycles. The molecule has 0 saturated heterocycles. The molecule has 2 rings (SSSR count). The lowest BCUT2D eigenvalue weighted by atomic mass is 10.2. The largest absolute Gasteiger partial charge is 0.415 e. The zero-order chi connectivity index (χ0) is 14.2. The van der Waals surface area contributed by atoms with Crippen molar-refractivity contribution in [3.05, 3.63) is 47.0 Å². The highest BCUT2D eigenvalue weighted by Gasteiger charge is 2.29. The highest BCUT2D eigenvalue weighted by Crippen LogP contribution is 2.29. The van der Waals surface area contributed by atoms with Gasteiger partial charge >= 0.3 is 5.97 Å². The van der Waals surface area contributed by atoms with E-state index in [0.29, 0.717) is 0 Å². The second-order valence-electron chi connectivity index (χ2n) is 3.26. The minimum absolute atomic E-state index is 0.316. The monoisotopic (exact) mass is 278 g/mol. The van der Waals surface area contributed by atoms with E-state index in [2.05, 4.69) is 14.9 Å². The fraction of sp³-hybridized carbons (Fsp3) is 0. The van der Waals surface area contributed by atoms with Crippen LogP contribution in [0.15, 0.2) is 12.3 Å². The molecule has 1 N–H and O–H groups in total. The van der Waals surface area contributed by atoms with Crippen molar-refractivity contribution in [1.82, 2.24) is 10.2 Å². The maximum atomic E-state index is 13.2. The molecular formula is C10H3F5N2O2. The number of carbonyl (C=O) groups excluding carboxylic acids is 1. The number of carbonyl (C=O) groups is 1. The van der Waals surface area contributed by atoms with Gasteiger partial charge in [0.2, 0.25) is 34.8 Å². The van der Waals surface area contributed by atoms with Crippen LogP contribution in [0.4, 0.5) is 22.0 Å². The number of H-pyrrole nitrogens is 1. The third-order valence-corrected chi connectivity index (χ3v) is 2.08. The van der Waals surface area contributed by atoms with E-state index in [-0.39, 0.29) is 5.69 Å². The zero-order valence-electron chi connectivity index (χ0n) is 8.81. The number of benzene rings is 1. The molecule has 19 heavy (non-hydrogen) atoms. The maximum absolute atomic E-state index is 13.2. The van der Waals surface area contributed by atoms with Gasteiger partial charge in [0.1, 0.15) is 5.69 Å². The van der Waals surface area contributed by atoms with E-state index < -0.39 is 40.8 Å². The summed E-state index contributed by atoms with van der Waals surface area (Å²) in [6.07, 6.45) is 1.13. The van der Waals surface area contributed by atoms with Crippen LogP contribution < -0.4 is 4.74 Å². The standard InChI is InChI=1S/C10H3F5N2O2/c11-4-5(12)7(14)9(8(15)6(4)13)19-10(18)3-1-2-16-17-3/h1-2H,(H,16,17). The molecule has 1 aromatic carbocycles. The third-order valence-electron chi connectivity index (χ3n) is 2.08. The number of hydrogen-bond donors (Lipinski definition) is 1. The summed E-state index contributed by atoms with van der Waals surface area (Å²) in [5.41, 5.74) is -0.316. The number of hydrogen-bond acceptors (Lipinski definition) is 3. The molecule has 0 aliphatic rings. The van der Waals surface area contributed by atoms with Gasteiger partial charge in [0.25, 0.3) is 0 Å². The maximum Gasteiger partial charge on any atom is 0.361 e. The van der Waals surface area contributed by atoms with Gasteiger partial charge in [-0.15, -0.1) is 0 Å². The van der Waals surface area contributed by atoms with Crippen LogP contribution in [-0.2, 0) is 0 Å². The van der Waals surface area contributed by atoms with Crippen LogP contribution in [0.5, 0.6) is 5.75 Å². The molecule has 100 valence electrons. The topological polar surface area (TPSA) is 55.0 Å². The van der Waals surface area contributed by atoms with Crippen molar-refractivity contribution < 1.29 is 31.5 Å². The third kappa shape index (κ3) is 2.14. The van der Waals surface area contributed by atoms with Crippen LogP contribution in [0.25, 0.3) is 0 Å². The highest BCUT2D eigenvalue weighted by atomic mass is 19.2.